The summed E-state index contributed by atoms with van der Waals surface area (Å²) in [5.41, 5.74) is 12.9. The Hall–Kier alpha value is -6.18. The average molecular weight is 600 g/mol. The highest BCUT2D eigenvalue weighted by Crippen LogP contribution is 2.40. The van der Waals surface area contributed by atoms with Gasteiger partial charge in [-0.2, -0.15) is 0 Å². The van der Waals surface area contributed by atoms with Gasteiger partial charge in [0.15, 0.2) is 0 Å². The summed E-state index contributed by atoms with van der Waals surface area (Å²) < 4.78 is 0. The van der Waals surface area contributed by atoms with Gasteiger partial charge in [-0.15, -0.1) is 0 Å². The van der Waals surface area contributed by atoms with E-state index in [1.54, 1.807) is 0 Å². The Morgan fingerprint density at radius 2 is 0.638 bits per heavy atom. The summed E-state index contributed by atoms with van der Waals surface area (Å²) in [7, 11) is 0. The summed E-state index contributed by atoms with van der Waals surface area (Å²) >= 11 is 0. The SMILES string of the molecule is c1ccc(-c2cc(-c3ccccc3)cc(N(c3ccccc3)c3ccc(-c4cccc(-c5ccc6ccccc6c5)c4)cc3)c2)cc1. The predicted molar refractivity (Wildman–Crippen MR) is 200 cm³/mol. The van der Waals surface area contributed by atoms with E-state index >= 15 is 0 Å². The summed E-state index contributed by atoms with van der Waals surface area (Å²) in [6.07, 6.45) is 0. The van der Waals surface area contributed by atoms with Gasteiger partial charge in [0.05, 0.1) is 0 Å². The molecule has 0 fully saturated rings. The smallest absolute Gasteiger partial charge is 0.0473 e. The highest BCUT2D eigenvalue weighted by atomic mass is 15.1. The first-order chi connectivity index (χ1) is 23.3. The molecule has 0 unspecified atom stereocenters. The van der Waals surface area contributed by atoms with Crippen molar-refractivity contribution in [1.82, 2.24) is 0 Å². The van der Waals surface area contributed by atoms with Gasteiger partial charge >= 0.3 is 0 Å². The molecule has 0 amide bonds. The number of anilines is 3. The van der Waals surface area contributed by atoms with Crippen LogP contribution in [0.25, 0.3) is 55.3 Å². The Labute approximate surface area is 276 Å². The van der Waals surface area contributed by atoms with Gasteiger partial charge in [-0.3, -0.25) is 0 Å². The quantitative estimate of drug-likeness (QED) is 0.176. The fourth-order valence-corrected chi connectivity index (χ4v) is 6.41. The molecule has 0 spiro atoms. The van der Waals surface area contributed by atoms with Crippen LogP contribution in [0.1, 0.15) is 0 Å². The van der Waals surface area contributed by atoms with Crippen molar-refractivity contribution in [2.75, 3.05) is 4.90 Å². The van der Waals surface area contributed by atoms with Crippen molar-refractivity contribution in [3.05, 3.63) is 200 Å². The van der Waals surface area contributed by atoms with E-state index in [9.17, 15) is 0 Å². The van der Waals surface area contributed by atoms with Crippen LogP contribution in [0, 0.1) is 0 Å². The van der Waals surface area contributed by atoms with E-state index in [1.807, 2.05) is 0 Å². The van der Waals surface area contributed by atoms with Crippen molar-refractivity contribution in [1.29, 1.82) is 0 Å². The molecule has 0 aromatic heterocycles. The Bertz CT molecular complexity index is 2210. The second kappa shape index (κ2) is 12.7. The van der Waals surface area contributed by atoms with Gasteiger partial charge in [0, 0.05) is 17.1 Å². The number of para-hydroxylation sites is 1. The van der Waals surface area contributed by atoms with Crippen molar-refractivity contribution in [3.8, 4) is 44.5 Å². The highest BCUT2D eigenvalue weighted by molar-refractivity contribution is 5.89. The first kappa shape index (κ1) is 28.3. The van der Waals surface area contributed by atoms with Crippen LogP contribution in [-0.4, -0.2) is 0 Å². The fourth-order valence-electron chi connectivity index (χ4n) is 6.41. The fraction of sp³-hybridized carbons (Fsp3) is 0. The Balaban J connectivity index is 1.20. The number of fused-ring (bicyclic) bond motifs is 1. The van der Waals surface area contributed by atoms with Gasteiger partial charge in [0.25, 0.3) is 0 Å². The number of benzene rings is 8. The topological polar surface area (TPSA) is 3.24 Å². The molecule has 0 atom stereocenters. The van der Waals surface area contributed by atoms with Crippen molar-refractivity contribution in [2.24, 2.45) is 0 Å². The van der Waals surface area contributed by atoms with Crippen LogP contribution in [0.5, 0.6) is 0 Å². The Kier molecular flexibility index (Phi) is 7.63. The van der Waals surface area contributed by atoms with Crippen molar-refractivity contribution < 1.29 is 0 Å². The third-order valence-corrected chi connectivity index (χ3v) is 8.81. The third kappa shape index (κ3) is 5.95. The Morgan fingerprint density at radius 3 is 1.28 bits per heavy atom. The highest BCUT2D eigenvalue weighted by Gasteiger charge is 2.16. The lowest BCUT2D eigenvalue weighted by Crippen LogP contribution is -2.10. The molecule has 0 heterocycles. The van der Waals surface area contributed by atoms with Gasteiger partial charge in [0.2, 0.25) is 0 Å². The maximum absolute atomic E-state index is 2.36. The van der Waals surface area contributed by atoms with Gasteiger partial charge < -0.3 is 4.90 Å². The van der Waals surface area contributed by atoms with Crippen LogP contribution in [0.15, 0.2) is 200 Å². The third-order valence-electron chi connectivity index (χ3n) is 8.81. The summed E-state index contributed by atoms with van der Waals surface area (Å²) in [6.45, 7) is 0. The van der Waals surface area contributed by atoms with E-state index in [1.165, 1.54) is 55.3 Å². The van der Waals surface area contributed by atoms with Crippen LogP contribution in [0.3, 0.4) is 0 Å². The lowest BCUT2D eigenvalue weighted by atomic mass is 9.96. The zero-order valence-electron chi connectivity index (χ0n) is 26.0. The van der Waals surface area contributed by atoms with Gasteiger partial charge in [0.1, 0.15) is 0 Å². The van der Waals surface area contributed by atoms with E-state index in [2.05, 4.69) is 205 Å². The summed E-state index contributed by atoms with van der Waals surface area (Å²) in [5, 5.41) is 2.52. The first-order valence-electron chi connectivity index (χ1n) is 16.1. The predicted octanol–water partition coefficient (Wildman–Crippen LogP) is 13.0. The van der Waals surface area contributed by atoms with Crippen LogP contribution in [0.2, 0.25) is 0 Å². The van der Waals surface area contributed by atoms with Crippen molar-refractivity contribution >= 4 is 27.8 Å². The first-order valence-corrected chi connectivity index (χ1v) is 16.1. The van der Waals surface area contributed by atoms with E-state index in [0.29, 0.717) is 0 Å². The maximum atomic E-state index is 2.36. The molecule has 0 aliphatic carbocycles. The molecule has 8 aromatic carbocycles. The maximum Gasteiger partial charge on any atom is 0.0473 e. The van der Waals surface area contributed by atoms with Gasteiger partial charge in [-0.05, 0) is 110 Å². The number of rotatable bonds is 7. The van der Waals surface area contributed by atoms with Crippen LogP contribution in [-0.2, 0) is 0 Å². The minimum atomic E-state index is 1.11. The number of nitrogens with zero attached hydrogens (tertiary/aromatic N) is 1. The zero-order chi connectivity index (χ0) is 31.4. The van der Waals surface area contributed by atoms with Crippen LogP contribution in [0.4, 0.5) is 17.1 Å². The lowest BCUT2D eigenvalue weighted by Gasteiger charge is -2.27. The molecule has 8 rings (SSSR count). The average Bonchev–Trinajstić information content (AvgIpc) is 3.16. The minimum Gasteiger partial charge on any atom is -0.310 e. The van der Waals surface area contributed by atoms with Crippen molar-refractivity contribution in [2.45, 2.75) is 0 Å². The molecule has 0 N–H and O–H groups in total. The molecule has 8 aromatic rings. The molecule has 1 heteroatoms. The van der Waals surface area contributed by atoms with E-state index in [0.717, 1.165) is 17.1 Å². The van der Waals surface area contributed by atoms with Gasteiger partial charge in [-0.1, -0.05) is 146 Å². The van der Waals surface area contributed by atoms with Crippen LogP contribution >= 0.6 is 0 Å². The minimum absolute atomic E-state index is 1.11. The summed E-state index contributed by atoms with van der Waals surface area (Å²) in [5.74, 6) is 0. The molecule has 0 saturated heterocycles. The molecular weight excluding hydrogens is 567 g/mol. The summed E-state index contributed by atoms with van der Waals surface area (Å²) in [6, 6.07) is 71.9. The second-order valence-electron chi connectivity index (χ2n) is 11.9. The largest absolute Gasteiger partial charge is 0.310 e. The molecule has 222 valence electrons. The molecule has 0 radical (unpaired) electrons. The van der Waals surface area contributed by atoms with Crippen LogP contribution < -0.4 is 4.90 Å². The Morgan fingerprint density at radius 1 is 0.213 bits per heavy atom. The second-order valence-corrected chi connectivity index (χ2v) is 11.9. The number of hydrogen-bond acceptors (Lipinski definition) is 1. The summed E-state index contributed by atoms with van der Waals surface area (Å²) in [4.78, 5) is 2.36. The number of hydrogen-bond donors (Lipinski definition) is 0. The monoisotopic (exact) mass is 599 g/mol. The molecule has 0 bridgehead atoms. The zero-order valence-corrected chi connectivity index (χ0v) is 26.0. The van der Waals surface area contributed by atoms with Crippen molar-refractivity contribution in [3.63, 3.8) is 0 Å². The molecule has 0 aliphatic rings. The molecule has 1 nitrogen and oxygen atoms in total. The molecule has 0 saturated carbocycles. The standard InChI is InChI=1S/C46H33N/c1-4-13-34(14-5-1)42-31-43(35-15-6-2-7-16-35)33-46(32-42)47(44-21-8-3-9-22-44)45-27-25-37(26-28-45)39-19-12-20-40(29-39)41-24-23-36-17-10-11-18-38(36)30-41/h1-33H. The van der Waals surface area contributed by atoms with E-state index in [4.69, 9.17) is 0 Å². The molecular formula is C46H33N. The lowest BCUT2D eigenvalue weighted by molar-refractivity contribution is 1.28. The normalized spacial score (nSPS) is 11.0. The van der Waals surface area contributed by atoms with E-state index < -0.39 is 0 Å². The molecule has 47 heavy (non-hydrogen) atoms. The molecule has 0 aliphatic heterocycles. The van der Waals surface area contributed by atoms with E-state index in [-0.39, 0.29) is 0 Å². The van der Waals surface area contributed by atoms with Gasteiger partial charge in [-0.25, -0.2) is 0 Å².